The summed E-state index contributed by atoms with van der Waals surface area (Å²) in [5, 5.41) is 1.71. The number of piperidine rings is 1. The van der Waals surface area contributed by atoms with Crippen LogP contribution in [0.1, 0.15) is 25.7 Å². The lowest BCUT2D eigenvalue weighted by Gasteiger charge is -2.26. The number of thiophene rings is 1. The fourth-order valence-corrected chi connectivity index (χ4v) is 5.54. The highest BCUT2D eigenvalue weighted by atomic mass is 79.9. The molecule has 1 aromatic heterocycles. The summed E-state index contributed by atoms with van der Waals surface area (Å²) in [6, 6.07) is 1.69. The average Bonchev–Trinajstić information content (AvgIpc) is 2.86. The Balaban J connectivity index is 1.83. The molecule has 0 atom stereocenters. The summed E-state index contributed by atoms with van der Waals surface area (Å²) in [7, 11) is -3.52. The first-order valence-corrected chi connectivity index (χ1v) is 9.67. The van der Waals surface area contributed by atoms with E-state index in [1.807, 2.05) is 4.90 Å². The number of rotatable bonds is 5. The summed E-state index contributed by atoms with van der Waals surface area (Å²) in [6.45, 7) is 1.73. The molecule has 1 aliphatic rings. The molecule has 8 heteroatoms. The van der Waals surface area contributed by atoms with Crippen molar-refractivity contribution < 1.29 is 13.2 Å². The van der Waals surface area contributed by atoms with Crippen LogP contribution in [0.4, 0.5) is 0 Å². The summed E-state index contributed by atoms with van der Waals surface area (Å²) in [5.41, 5.74) is 0. The molecule has 0 saturated carbocycles. The number of halogens is 1. The van der Waals surface area contributed by atoms with Gasteiger partial charge in [-0.1, -0.05) is 0 Å². The molecule has 2 rings (SSSR count). The van der Waals surface area contributed by atoms with Crippen molar-refractivity contribution in [3.63, 3.8) is 0 Å². The number of carbonyl (C=O) groups excluding carboxylic acids is 1. The summed E-state index contributed by atoms with van der Waals surface area (Å²) < 4.78 is 27.3. The van der Waals surface area contributed by atoms with Gasteiger partial charge in [-0.15, -0.1) is 11.3 Å². The molecule has 1 N–H and O–H groups in total. The predicted octanol–water partition coefficient (Wildman–Crippen LogP) is 2.19. The van der Waals surface area contributed by atoms with Gasteiger partial charge < -0.3 is 4.90 Å². The van der Waals surface area contributed by atoms with Gasteiger partial charge in [-0.05, 0) is 46.6 Å². The van der Waals surface area contributed by atoms with Crippen LogP contribution in [0.3, 0.4) is 0 Å². The number of hydrogen-bond donors (Lipinski definition) is 1. The molecule has 0 bridgehead atoms. The maximum Gasteiger partial charge on any atom is 0.251 e. The van der Waals surface area contributed by atoms with Crippen LogP contribution in [0.2, 0.25) is 0 Å². The molecule has 20 heavy (non-hydrogen) atoms. The van der Waals surface area contributed by atoms with Gasteiger partial charge in [0.05, 0.1) is 0 Å². The Hall–Kier alpha value is -0.440. The predicted molar refractivity (Wildman–Crippen MR) is 82.3 cm³/mol. The number of carbonyl (C=O) groups is 1. The van der Waals surface area contributed by atoms with Crippen molar-refractivity contribution in [3.05, 3.63) is 15.9 Å². The van der Waals surface area contributed by atoms with Gasteiger partial charge in [0.25, 0.3) is 10.0 Å². The molecule has 0 radical (unpaired) electrons. The second kappa shape index (κ2) is 7.02. The SMILES string of the molecule is O=C(CCNS(=O)(=O)c1sccc1Br)N1CCCCC1. The smallest absolute Gasteiger partial charge is 0.251 e. The number of amides is 1. The van der Waals surface area contributed by atoms with E-state index < -0.39 is 10.0 Å². The first-order chi connectivity index (χ1) is 9.50. The van der Waals surface area contributed by atoms with Gasteiger partial charge in [0.1, 0.15) is 4.21 Å². The number of sulfonamides is 1. The summed E-state index contributed by atoms with van der Waals surface area (Å²) in [5.74, 6) is 0.0256. The van der Waals surface area contributed by atoms with Crippen LogP contribution >= 0.6 is 27.3 Å². The molecule has 1 amide bonds. The van der Waals surface area contributed by atoms with E-state index in [-0.39, 0.29) is 23.1 Å². The monoisotopic (exact) mass is 380 g/mol. The van der Waals surface area contributed by atoms with Crippen LogP contribution < -0.4 is 4.72 Å². The summed E-state index contributed by atoms with van der Waals surface area (Å²) in [4.78, 5) is 13.7. The van der Waals surface area contributed by atoms with Crippen molar-refractivity contribution in [1.29, 1.82) is 0 Å². The molecule has 0 aliphatic carbocycles. The fourth-order valence-electron chi connectivity index (χ4n) is 2.13. The van der Waals surface area contributed by atoms with Crippen LogP contribution in [0.15, 0.2) is 20.1 Å². The largest absolute Gasteiger partial charge is 0.343 e. The van der Waals surface area contributed by atoms with E-state index in [2.05, 4.69) is 20.7 Å². The minimum Gasteiger partial charge on any atom is -0.343 e. The van der Waals surface area contributed by atoms with Crippen molar-refractivity contribution in [2.24, 2.45) is 0 Å². The molecule has 0 spiro atoms. The first-order valence-electron chi connectivity index (χ1n) is 6.51. The highest BCUT2D eigenvalue weighted by molar-refractivity contribution is 9.10. The van der Waals surface area contributed by atoms with E-state index in [1.54, 1.807) is 11.4 Å². The van der Waals surface area contributed by atoms with Crippen LogP contribution in [0, 0.1) is 0 Å². The molecule has 0 aromatic carbocycles. The van der Waals surface area contributed by atoms with Crippen LogP contribution in [-0.2, 0) is 14.8 Å². The number of nitrogens with zero attached hydrogens (tertiary/aromatic N) is 1. The molecule has 1 aromatic rings. The third kappa shape index (κ3) is 4.03. The van der Waals surface area contributed by atoms with E-state index in [1.165, 1.54) is 6.42 Å². The Morgan fingerprint density at radius 3 is 2.65 bits per heavy atom. The van der Waals surface area contributed by atoms with Crippen molar-refractivity contribution >= 4 is 43.2 Å². The first kappa shape index (κ1) is 15.9. The number of hydrogen-bond acceptors (Lipinski definition) is 4. The standard InChI is InChI=1S/C12H17BrN2O3S2/c13-10-5-9-19-12(10)20(17,18)14-6-4-11(16)15-7-2-1-3-8-15/h5,9,14H,1-4,6-8H2. The second-order valence-electron chi connectivity index (χ2n) is 4.65. The lowest BCUT2D eigenvalue weighted by molar-refractivity contribution is -0.131. The van der Waals surface area contributed by atoms with E-state index in [0.717, 1.165) is 37.3 Å². The normalized spacial score (nSPS) is 16.4. The zero-order chi connectivity index (χ0) is 14.6. The maximum atomic E-state index is 12.0. The zero-order valence-corrected chi connectivity index (χ0v) is 14.2. The van der Waals surface area contributed by atoms with Crippen molar-refractivity contribution in [1.82, 2.24) is 9.62 Å². The molecule has 2 heterocycles. The fraction of sp³-hybridized carbons (Fsp3) is 0.583. The van der Waals surface area contributed by atoms with Gasteiger partial charge in [0, 0.05) is 30.5 Å². The minimum atomic E-state index is -3.52. The molecular weight excluding hydrogens is 364 g/mol. The third-order valence-electron chi connectivity index (χ3n) is 3.17. The number of nitrogens with one attached hydrogen (secondary N) is 1. The number of likely N-dealkylation sites (tertiary alicyclic amines) is 1. The molecule has 1 fully saturated rings. The molecule has 0 unspecified atom stereocenters. The van der Waals surface area contributed by atoms with E-state index in [4.69, 9.17) is 0 Å². The molecule has 5 nitrogen and oxygen atoms in total. The van der Waals surface area contributed by atoms with Crippen LogP contribution in [0.25, 0.3) is 0 Å². The van der Waals surface area contributed by atoms with E-state index >= 15 is 0 Å². The molecular formula is C12H17BrN2O3S2. The van der Waals surface area contributed by atoms with Gasteiger partial charge in [-0.3, -0.25) is 4.79 Å². The highest BCUT2D eigenvalue weighted by Crippen LogP contribution is 2.27. The van der Waals surface area contributed by atoms with E-state index in [9.17, 15) is 13.2 Å². The van der Waals surface area contributed by atoms with Gasteiger partial charge in [-0.2, -0.15) is 0 Å². The van der Waals surface area contributed by atoms with E-state index in [0.29, 0.717) is 4.47 Å². The maximum absolute atomic E-state index is 12.0. The topological polar surface area (TPSA) is 66.5 Å². The van der Waals surface area contributed by atoms with Gasteiger partial charge in [0.15, 0.2) is 0 Å². The van der Waals surface area contributed by atoms with Gasteiger partial charge in [-0.25, -0.2) is 13.1 Å². The summed E-state index contributed by atoms with van der Waals surface area (Å²) >= 11 is 4.35. The molecule has 112 valence electrons. The van der Waals surface area contributed by atoms with Crippen molar-refractivity contribution in [2.45, 2.75) is 29.9 Å². The third-order valence-corrected chi connectivity index (χ3v) is 7.30. The summed E-state index contributed by atoms with van der Waals surface area (Å²) in [6.07, 6.45) is 3.46. The molecule has 1 aliphatic heterocycles. The average molecular weight is 381 g/mol. The lowest BCUT2D eigenvalue weighted by atomic mass is 10.1. The van der Waals surface area contributed by atoms with Crippen LogP contribution in [0.5, 0.6) is 0 Å². The Kier molecular flexibility index (Phi) is 5.59. The van der Waals surface area contributed by atoms with Gasteiger partial charge >= 0.3 is 0 Å². The second-order valence-corrected chi connectivity index (χ2v) is 8.38. The van der Waals surface area contributed by atoms with Crippen molar-refractivity contribution in [3.8, 4) is 0 Å². The Morgan fingerprint density at radius 1 is 1.35 bits per heavy atom. The molecule has 1 saturated heterocycles. The Morgan fingerprint density at radius 2 is 2.05 bits per heavy atom. The minimum absolute atomic E-state index is 0.0256. The Bertz CT molecular complexity index is 565. The van der Waals surface area contributed by atoms with Crippen molar-refractivity contribution in [2.75, 3.05) is 19.6 Å². The zero-order valence-electron chi connectivity index (χ0n) is 11.0. The highest BCUT2D eigenvalue weighted by Gasteiger charge is 2.20. The van der Waals surface area contributed by atoms with Gasteiger partial charge in [0.2, 0.25) is 5.91 Å². The quantitative estimate of drug-likeness (QED) is 0.850. The van der Waals surface area contributed by atoms with Crippen LogP contribution in [-0.4, -0.2) is 38.9 Å². The Labute approximate surface area is 131 Å². The lowest BCUT2D eigenvalue weighted by Crippen LogP contribution is -2.37.